The Hall–Kier alpha value is -3.08. The molecule has 5 nitrogen and oxygen atoms in total. The van der Waals surface area contributed by atoms with Crippen LogP contribution in [0.5, 0.6) is 5.75 Å². The number of benzene rings is 2. The molecule has 0 saturated carbocycles. The zero-order valence-corrected chi connectivity index (χ0v) is 14.6. The van der Waals surface area contributed by atoms with Crippen molar-refractivity contribution in [3.8, 4) is 5.75 Å². The number of nitrogens with one attached hydrogen (secondary N) is 2. The zero-order chi connectivity index (χ0) is 18.2. The maximum absolute atomic E-state index is 12.0. The Morgan fingerprint density at radius 3 is 2.40 bits per heavy atom. The molecule has 0 fully saturated rings. The molecule has 0 bridgehead atoms. The fourth-order valence-electron chi connectivity index (χ4n) is 2.07. The van der Waals surface area contributed by atoms with Crippen molar-refractivity contribution in [2.45, 2.75) is 13.8 Å². The first-order valence-electron chi connectivity index (χ1n) is 8.02. The molecule has 0 aliphatic heterocycles. The van der Waals surface area contributed by atoms with Crippen LogP contribution in [0.15, 0.2) is 54.6 Å². The Kier molecular flexibility index (Phi) is 6.34. The third-order valence-electron chi connectivity index (χ3n) is 3.48. The highest BCUT2D eigenvalue weighted by molar-refractivity contribution is 6.02. The second kappa shape index (κ2) is 8.68. The highest BCUT2D eigenvalue weighted by Gasteiger charge is 2.11. The number of hydrogen-bond acceptors (Lipinski definition) is 3. The molecule has 0 aromatic heterocycles. The van der Waals surface area contributed by atoms with Gasteiger partial charge in [0, 0.05) is 23.7 Å². The normalized spacial score (nSPS) is 10.7. The van der Waals surface area contributed by atoms with E-state index in [2.05, 4.69) is 10.6 Å². The molecule has 0 heterocycles. The largest absolute Gasteiger partial charge is 0.494 e. The van der Waals surface area contributed by atoms with Crippen LogP contribution in [-0.2, 0) is 9.59 Å². The highest BCUT2D eigenvalue weighted by atomic mass is 16.5. The molecular weight excluding hydrogens is 316 g/mol. The average Bonchev–Trinajstić information content (AvgIpc) is 2.62. The number of carbonyl (C=O) groups excluding carboxylic acids is 2. The molecule has 2 N–H and O–H groups in total. The number of hydrogen-bond donors (Lipinski definition) is 2. The van der Waals surface area contributed by atoms with Gasteiger partial charge in [-0.15, -0.1) is 0 Å². The molecule has 0 saturated heterocycles. The second-order valence-electron chi connectivity index (χ2n) is 5.79. The molecule has 25 heavy (non-hydrogen) atoms. The summed E-state index contributed by atoms with van der Waals surface area (Å²) in [5.41, 5.74) is 2.10. The van der Waals surface area contributed by atoms with Crippen LogP contribution in [-0.4, -0.2) is 18.9 Å². The van der Waals surface area contributed by atoms with E-state index in [1.807, 2.05) is 44.2 Å². The van der Waals surface area contributed by atoms with Gasteiger partial charge in [0.05, 0.1) is 12.8 Å². The van der Waals surface area contributed by atoms with E-state index in [4.69, 9.17) is 4.74 Å². The third kappa shape index (κ3) is 5.49. The lowest BCUT2D eigenvalue weighted by atomic mass is 10.2. The first-order chi connectivity index (χ1) is 12.0. The number of amides is 2. The maximum Gasteiger partial charge on any atom is 0.248 e. The molecule has 130 valence electrons. The Balaban J connectivity index is 2.06. The summed E-state index contributed by atoms with van der Waals surface area (Å²) in [6.07, 6.45) is 3.21. The van der Waals surface area contributed by atoms with Gasteiger partial charge in [0.1, 0.15) is 5.75 Å². The number of carbonyl (C=O) groups is 2. The van der Waals surface area contributed by atoms with Gasteiger partial charge >= 0.3 is 0 Å². The van der Waals surface area contributed by atoms with Gasteiger partial charge in [-0.05, 0) is 23.8 Å². The SMILES string of the molecule is COc1cc(NC(=O)/C=C/c2ccccc2)ccc1NC(=O)C(C)C. The van der Waals surface area contributed by atoms with Crippen LogP contribution in [0.4, 0.5) is 11.4 Å². The molecule has 2 rings (SSSR count). The molecule has 0 atom stereocenters. The standard InChI is InChI=1S/C20H22N2O3/c1-14(2)20(24)22-17-11-10-16(13-18(17)25-3)21-19(23)12-9-15-7-5-4-6-8-15/h4-14H,1-3H3,(H,21,23)(H,22,24)/b12-9+. The Morgan fingerprint density at radius 1 is 1.04 bits per heavy atom. The van der Waals surface area contributed by atoms with E-state index in [0.29, 0.717) is 17.1 Å². The van der Waals surface area contributed by atoms with Gasteiger partial charge in [-0.2, -0.15) is 0 Å². The topological polar surface area (TPSA) is 67.4 Å². The van der Waals surface area contributed by atoms with Gasteiger partial charge in [-0.3, -0.25) is 9.59 Å². The number of methoxy groups -OCH3 is 1. The molecule has 2 amide bonds. The van der Waals surface area contributed by atoms with Crippen LogP contribution >= 0.6 is 0 Å². The Bertz CT molecular complexity index is 768. The predicted octanol–water partition coefficient (Wildman–Crippen LogP) is 3.94. The smallest absolute Gasteiger partial charge is 0.248 e. The first-order valence-corrected chi connectivity index (χ1v) is 8.02. The summed E-state index contributed by atoms with van der Waals surface area (Å²) in [4.78, 5) is 23.8. The van der Waals surface area contributed by atoms with Crippen LogP contribution in [0.2, 0.25) is 0 Å². The van der Waals surface area contributed by atoms with Gasteiger partial charge < -0.3 is 15.4 Å². The number of rotatable bonds is 6. The van der Waals surface area contributed by atoms with Crippen molar-refractivity contribution >= 4 is 29.3 Å². The van der Waals surface area contributed by atoms with Crippen molar-refractivity contribution in [2.75, 3.05) is 17.7 Å². The third-order valence-corrected chi connectivity index (χ3v) is 3.48. The molecule has 0 radical (unpaired) electrons. The Labute approximate surface area is 147 Å². The molecule has 0 aliphatic carbocycles. The highest BCUT2D eigenvalue weighted by Crippen LogP contribution is 2.28. The summed E-state index contributed by atoms with van der Waals surface area (Å²) in [6.45, 7) is 3.63. The molecule has 0 spiro atoms. The summed E-state index contributed by atoms with van der Waals surface area (Å²) >= 11 is 0. The summed E-state index contributed by atoms with van der Waals surface area (Å²) in [5.74, 6) is 0.0109. The molecule has 0 aliphatic rings. The molecule has 2 aromatic rings. The number of ether oxygens (including phenoxy) is 1. The average molecular weight is 338 g/mol. The van der Waals surface area contributed by atoms with Crippen molar-refractivity contribution in [2.24, 2.45) is 5.92 Å². The van der Waals surface area contributed by atoms with Crippen LogP contribution in [0.3, 0.4) is 0 Å². The fraction of sp³-hybridized carbons (Fsp3) is 0.200. The molecule has 0 unspecified atom stereocenters. The molecular formula is C20H22N2O3. The first kappa shape index (κ1) is 18.3. The second-order valence-corrected chi connectivity index (χ2v) is 5.79. The van der Waals surface area contributed by atoms with Crippen LogP contribution in [0, 0.1) is 5.92 Å². The van der Waals surface area contributed by atoms with Crippen LogP contribution in [0.25, 0.3) is 6.08 Å². The van der Waals surface area contributed by atoms with E-state index >= 15 is 0 Å². The van der Waals surface area contributed by atoms with Gasteiger partial charge in [-0.25, -0.2) is 0 Å². The predicted molar refractivity (Wildman–Crippen MR) is 101 cm³/mol. The minimum absolute atomic E-state index is 0.0964. The lowest BCUT2D eigenvalue weighted by molar-refractivity contribution is -0.119. The summed E-state index contributed by atoms with van der Waals surface area (Å²) < 4.78 is 5.29. The molecule has 2 aromatic carbocycles. The van der Waals surface area contributed by atoms with E-state index < -0.39 is 0 Å². The summed E-state index contributed by atoms with van der Waals surface area (Å²) in [5, 5.41) is 5.57. The van der Waals surface area contributed by atoms with Crippen molar-refractivity contribution in [3.05, 3.63) is 60.2 Å². The fourth-order valence-corrected chi connectivity index (χ4v) is 2.07. The minimum Gasteiger partial charge on any atom is -0.494 e. The molecule has 5 heteroatoms. The van der Waals surface area contributed by atoms with Gasteiger partial charge in [-0.1, -0.05) is 44.2 Å². The quantitative estimate of drug-likeness (QED) is 0.784. The van der Waals surface area contributed by atoms with Crippen LogP contribution < -0.4 is 15.4 Å². The van der Waals surface area contributed by atoms with E-state index in [0.717, 1.165) is 5.56 Å². The summed E-state index contributed by atoms with van der Waals surface area (Å²) in [7, 11) is 1.52. The Morgan fingerprint density at radius 2 is 1.76 bits per heavy atom. The zero-order valence-electron chi connectivity index (χ0n) is 14.6. The van der Waals surface area contributed by atoms with Crippen molar-refractivity contribution < 1.29 is 14.3 Å². The van der Waals surface area contributed by atoms with E-state index in [-0.39, 0.29) is 17.7 Å². The maximum atomic E-state index is 12.0. The lowest BCUT2D eigenvalue weighted by Crippen LogP contribution is -2.18. The monoisotopic (exact) mass is 338 g/mol. The van der Waals surface area contributed by atoms with E-state index in [9.17, 15) is 9.59 Å². The van der Waals surface area contributed by atoms with Crippen LogP contribution in [0.1, 0.15) is 19.4 Å². The van der Waals surface area contributed by atoms with Gasteiger partial charge in [0.2, 0.25) is 11.8 Å². The van der Waals surface area contributed by atoms with Crippen molar-refractivity contribution in [1.82, 2.24) is 0 Å². The van der Waals surface area contributed by atoms with Crippen molar-refractivity contribution in [1.29, 1.82) is 0 Å². The lowest BCUT2D eigenvalue weighted by Gasteiger charge is -2.13. The number of anilines is 2. The van der Waals surface area contributed by atoms with E-state index in [1.54, 1.807) is 24.3 Å². The van der Waals surface area contributed by atoms with E-state index in [1.165, 1.54) is 13.2 Å². The van der Waals surface area contributed by atoms with Crippen molar-refractivity contribution in [3.63, 3.8) is 0 Å². The summed E-state index contributed by atoms with van der Waals surface area (Å²) in [6, 6.07) is 14.7. The van der Waals surface area contributed by atoms with Gasteiger partial charge in [0.15, 0.2) is 0 Å². The minimum atomic E-state index is -0.245. The van der Waals surface area contributed by atoms with Gasteiger partial charge in [0.25, 0.3) is 0 Å².